The molecule has 3 saturated carbocycles. The van der Waals surface area contributed by atoms with E-state index in [1.54, 1.807) is 0 Å². The van der Waals surface area contributed by atoms with E-state index in [9.17, 15) is 19.8 Å². The summed E-state index contributed by atoms with van der Waals surface area (Å²) in [5.74, 6) is -1.22. The van der Waals surface area contributed by atoms with Crippen LogP contribution < -0.4 is 0 Å². The second kappa shape index (κ2) is 4.78. The van der Waals surface area contributed by atoms with Crippen molar-refractivity contribution in [2.24, 2.45) is 34.0 Å². The van der Waals surface area contributed by atoms with Gasteiger partial charge in [-0.25, -0.2) is 0 Å². The molecule has 6 nitrogen and oxygen atoms in total. The summed E-state index contributed by atoms with van der Waals surface area (Å²) in [7, 11) is 0. The molecule has 0 unspecified atom stereocenters. The number of aliphatic hydroxyl groups excluding tert-OH is 2. The van der Waals surface area contributed by atoms with E-state index < -0.39 is 46.6 Å². The molecule has 0 radical (unpaired) electrons. The van der Waals surface area contributed by atoms with E-state index in [4.69, 9.17) is 9.47 Å². The van der Waals surface area contributed by atoms with Crippen LogP contribution in [0.5, 0.6) is 0 Å². The zero-order valence-electron chi connectivity index (χ0n) is 15.2. The fraction of sp³-hybridized carbons (Fsp3) is 0.800. The van der Waals surface area contributed by atoms with E-state index in [2.05, 4.69) is 6.58 Å². The van der Waals surface area contributed by atoms with Gasteiger partial charge in [0.25, 0.3) is 0 Å². The van der Waals surface area contributed by atoms with Gasteiger partial charge in [-0.15, -0.1) is 0 Å². The third-order valence-corrected chi connectivity index (χ3v) is 8.48. The predicted molar refractivity (Wildman–Crippen MR) is 89.6 cm³/mol. The molecular weight excluding hydrogens is 336 g/mol. The molecule has 6 heteroatoms. The molecule has 2 heterocycles. The van der Waals surface area contributed by atoms with Crippen LogP contribution in [-0.4, -0.2) is 47.1 Å². The zero-order valence-corrected chi connectivity index (χ0v) is 15.2. The van der Waals surface area contributed by atoms with Crippen molar-refractivity contribution in [2.45, 2.75) is 58.0 Å². The van der Waals surface area contributed by atoms with Gasteiger partial charge in [-0.1, -0.05) is 20.4 Å². The topological polar surface area (TPSA) is 93.1 Å². The Balaban J connectivity index is 1.72. The van der Waals surface area contributed by atoms with Crippen LogP contribution in [0, 0.1) is 34.0 Å². The van der Waals surface area contributed by atoms with E-state index in [1.165, 1.54) is 0 Å². The lowest BCUT2D eigenvalue weighted by Crippen LogP contribution is -2.70. The minimum Gasteiger partial charge on any atom is -0.461 e. The molecular formula is C20H26O6. The standard InChI is InChI=1S/C20H26O6/c1-9-10-4-5-11-19(7-10,15(9)22)17(24)26-13-6-12(21)18(2,3)14-16(23)25-8-20(11,13)14/h10-14,16,21,23H,1,4-8H2,2-3H3/t10-,11-,12+,13+,14-,16-,19+,20-/m1/s1. The first-order chi connectivity index (χ1) is 12.2. The number of ether oxygens (including phenoxy) is 2. The molecule has 2 N–H and O–H groups in total. The summed E-state index contributed by atoms with van der Waals surface area (Å²) in [6.07, 6.45) is 0.0482. The van der Waals surface area contributed by atoms with Gasteiger partial charge in [0.05, 0.1) is 12.7 Å². The van der Waals surface area contributed by atoms with Crippen molar-refractivity contribution in [3.63, 3.8) is 0 Å². The van der Waals surface area contributed by atoms with Gasteiger partial charge in [0, 0.05) is 17.8 Å². The number of carbonyl (C=O) groups is 2. The Bertz CT molecular complexity index is 728. The molecule has 0 amide bonds. The summed E-state index contributed by atoms with van der Waals surface area (Å²) in [5.41, 5.74) is -1.88. The molecule has 26 heavy (non-hydrogen) atoms. The molecule has 0 aromatic carbocycles. The molecule has 5 aliphatic rings. The second-order valence-corrected chi connectivity index (χ2v) is 9.62. The maximum atomic E-state index is 13.2. The lowest BCUT2D eigenvalue weighted by Gasteiger charge is -2.62. The highest BCUT2D eigenvalue weighted by Gasteiger charge is 2.78. The van der Waals surface area contributed by atoms with Crippen molar-refractivity contribution in [3.8, 4) is 0 Å². The number of hydrogen-bond acceptors (Lipinski definition) is 6. The third kappa shape index (κ3) is 1.57. The van der Waals surface area contributed by atoms with E-state index >= 15 is 0 Å². The summed E-state index contributed by atoms with van der Waals surface area (Å²) in [5, 5.41) is 21.4. The average molecular weight is 362 g/mol. The SMILES string of the molecule is C=C1C(=O)[C@]23C[C@H]1CC[C@H]2[C@@]12CO[C@@H](O)[C@@H]1C(C)(C)[C@@H](O)C[C@@H]2OC3=O. The first-order valence-corrected chi connectivity index (χ1v) is 9.59. The van der Waals surface area contributed by atoms with Crippen molar-refractivity contribution in [1.82, 2.24) is 0 Å². The molecule has 0 aromatic heterocycles. The highest BCUT2D eigenvalue weighted by molar-refractivity contribution is 6.15. The van der Waals surface area contributed by atoms with E-state index in [0.717, 1.165) is 12.8 Å². The number of esters is 1. The van der Waals surface area contributed by atoms with Crippen LogP contribution in [-0.2, 0) is 19.1 Å². The van der Waals surface area contributed by atoms with Crippen LogP contribution >= 0.6 is 0 Å². The fourth-order valence-electron chi connectivity index (χ4n) is 7.21. The van der Waals surface area contributed by atoms with Crippen LogP contribution in [0.3, 0.4) is 0 Å². The Labute approximate surface area is 152 Å². The van der Waals surface area contributed by atoms with Crippen LogP contribution in [0.25, 0.3) is 0 Å². The van der Waals surface area contributed by atoms with E-state index in [-0.39, 0.29) is 24.2 Å². The zero-order chi connectivity index (χ0) is 18.6. The molecule has 8 atom stereocenters. The highest BCUT2D eigenvalue weighted by atomic mass is 16.6. The Hall–Kier alpha value is -1.24. The number of Topliss-reactive ketones (excluding diaryl/α,β-unsaturated/α-hetero) is 1. The molecule has 3 aliphatic carbocycles. The summed E-state index contributed by atoms with van der Waals surface area (Å²) in [4.78, 5) is 26.3. The summed E-state index contributed by atoms with van der Waals surface area (Å²) >= 11 is 0. The highest BCUT2D eigenvalue weighted by Crippen LogP contribution is 2.71. The van der Waals surface area contributed by atoms with Crippen LogP contribution in [0.2, 0.25) is 0 Å². The fourth-order valence-corrected chi connectivity index (χ4v) is 7.21. The van der Waals surface area contributed by atoms with E-state index in [1.807, 2.05) is 13.8 Å². The van der Waals surface area contributed by atoms with E-state index in [0.29, 0.717) is 18.4 Å². The number of fused-ring (bicyclic) bond motifs is 1. The molecule has 2 saturated heterocycles. The van der Waals surface area contributed by atoms with Gasteiger partial charge in [-0.2, -0.15) is 0 Å². The largest absolute Gasteiger partial charge is 0.461 e. The smallest absolute Gasteiger partial charge is 0.320 e. The predicted octanol–water partition coefficient (Wildman–Crippen LogP) is 1.20. The first kappa shape index (κ1) is 16.9. The maximum Gasteiger partial charge on any atom is 0.320 e. The number of ketones is 1. The maximum absolute atomic E-state index is 13.2. The van der Waals surface area contributed by atoms with Gasteiger partial charge in [-0.3, -0.25) is 9.59 Å². The van der Waals surface area contributed by atoms with Gasteiger partial charge in [0.2, 0.25) is 0 Å². The molecule has 142 valence electrons. The van der Waals surface area contributed by atoms with Crippen molar-refractivity contribution in [3.05, 3.63) is 12.2 Å². The number of rotatable bonds is 0. The molecule has 2 bridgehead atoms. The van der Waals surface area contributed by atoms with Crippen molar-refractivity contribution >= 4 is 11.8 Å². The first-order valence-electron chi connectivity index (χ1n) is 9.59. The third-order valence-electron chi connectivity index (χ3n) is 8.48. The Morgan fingerprint density at radius 3 is 2.65 bits per heavy atom. The van der Waals surface area contributed by atoms with Gasteiger partial charge in [0.1, 0.15) is 11.5 Å². The lowest BCUT2D eigenvalue weighted by atomic mass is 9.43. The van der Waals surface area contributed by atoms with Crippen LogP contribution in [0.15, 0.2) is 12.2 Å². The average Bonchev–Trinajstić information content (AvgIpc) is 3.03. The number of carbonyl (C=O) groups excluding carboxylic acids is 2. The number of allylic oxidation sites excluding steroid dienone is 1. The summed E-state index contributed by atoms with van der Waals surface area (Å²) in [6, 6.07) is 0. The Morgan fingerprint density at radius 1 is 1.19 bits per heavy atom. The van der Waals surface area contributed by atoms with Crippen molar-refractivity contribution < 1.29 is 29.3 Å². The molecule has 2 spiro atoms. The van der Waals surface area contributed by atoms with Gasteiger partial charge >= 0.3 is 5.97 Å². The summed E-state index contributed by atoms with van der Waals surface area (Å²) in [6.45, 7) is 8.08. The van der Waals surface area contributed by atoms with Gasteiger partial charge in [0.15, 0.2) is 12.1 Å². The molecule has 0 aromatic rings. The molecule has 2 aliphatic heterocycles. The lowest BCUT2D eigenvalue weighted by molar-refractivity contribution is -0.253. The Kier molecular flexibility index (Phi) is 3.10. The Morgan fingerprint density at radius 2 is 1.92 bits per heavy atom. The normalized spacial score (nSPS) is 54.4. The van der Waals surface area contributed by atoms with Crippen molar-refractivity contribution in [2.75, 3.05) is 6.61 Å². The van der Waals surface area contributed by atoms with Crippen LogP contribution in [0.1, 0.15) is 39.5 Å². The van der Waals surface area contributed by atoms with Crippen LogP contribution in [0.4, 0.5) is 0 Å². The van der Waals surface area contributed by atoms with Gasteiger partial charge in [-0.05, 0) is 42.1 Å². The number of aliphatic hydroxyl groups is 2. The quantitative estimate of drug-likeness (QED) is 0.382. The minimum atomic E-state index is -1.18. The molecule has 5 rings (SSSR count). The summed E-state index contributed by atoms with van der Waals surface area (Å²) < 4.78 is 11.6. The number of hydrogen-bond donors (Lipinski definition) is 2. The van der Waals surface area contributed by atoms with Crippen molar-refractivity contribution in [1.29, 1.82) is 0 Å². The minimum absolute atomic E-state index is 0.0483. The monoisotopic (exact) mass is 362 g/mol. The van der Waals surface area contributed by atoms with Gasteiger partial charge < -0.3 is 19.7 Å². The molecule has 5 fully saturated rings. The second-order valence-electron chi connectivity index (χ2n) is 9.62.